The summed E-state index contributed by atoms with van der Waals surface area (Å²) in [6, 6.07) is 14.6. The van der Waals surface area contributed by atoms with Gasteiger partial charge in [0.1, 0.15) is 0 Å². The van der Waals surface area contributed by atoms with Crippen molar-refractivity contribution in [1.82, 2.24) is 0 Å². The Kier molecular flexibility index (Phi) is 3.32. The van der Waals surface area contributed by atoms with Crippen LogP contribution in [0.1, 0.15) is 15.2 Å². The maximum absolute atomic E-state index is 10.7. The lowest BCUT2D eigenvalue weighted by Crippen LogP contribution is -1.81. The fourth-order valence-corrected chi connectivity index (χ4v) is 3.73. The van der Waals surface area contributed by atoms with Crippen molar-refractivity contribution in [3.63, 3.8) is 0 Å². The van der Waals surface area contributed by atoms with Gasteiger partial charge < -0.3 is 0 Å². The number of hydrogen-bond donors (Lipinski definition) is 0. The molecule has 0 spiro atoms. The molecule has 2 aromatic heterocycles. The van der Waals surface area contributed by atoms with E-state index in [1.807, 2.05) is 12.1 Å². The molecule has 3 heteroatoms. The van der Waals surface area contributed by atoms with E-state index in [0.717, 1.165) is 16.0 Å². The highest BCUT2D eigenvalue weighted by atomic mass is 32.1. The fourth-order valence-electron chi connectivity index (χ4n) is 2.10. The van der Waals surface area contributed by atoms with Crippen LogP contribution >= 0.6 is 22.7 Å². The number of hydrogen-bond acceptors (Lipinski definition) is 3. The van der Waals surface area contributed by atoms with Crippen LogP contribution in [0, 0.1) is 6.92 Å². The second-order valence-electron chi connectivity index (χ2n) is 4.33. The van der Waals surface area contributed by atoms with Crippen LogP contribution in [-0.2, 0) is 0 Å². The summed E-state index contributed by atoms with van der Waals surface area (Å²) >= 11 is 3.29. The summed E-state index contributed by atoms with van der Waals surface area (Å²) < 4.78 is 0. The van der Waals surface area contributed by atoms with Gasteiger partial charge in [-0.1, -0.05) is 18.2 Å². The minimum absolute atomic E-state index is 0.773. The number of carbonyl (C=O) groups excluding carboxylic acids is 1. The molecule has 94 valence electrons. The molecule has 0 unspecified atom stereocenters. The van der Waals surface area contributed by atoms with Crippen LogP contribution in [0.4, 0.5) is 0 Å². The highest BCUT2D eigenvalue weighted by Gasteiger charge is 2.07. The first-order chi connectivity index (χ1) is 9.28. The summed E-state index contributed by atoms with van der Waals surface area (Å²) in [7, 11) is 0. The second-order valence-corrected chi connectivity index (χ2v) is 6.39. The first kappa shape index (κ1) is 12.3. The van der Waals surface area contributed by atoms with Gasteiger partial charge in [0.05, 0.1) is 4.88 Å². The SMILES string of the molecule is Cc1cc(-c2ccc(C=O)s2)ccc1-c1cccs1. The average molecular weight is 284 g/mol. The van der Waals surface area contributed by atoms with Crippen molar-refractivity contribution in [3.05, 3.63) is 58.3 Å². The summed E-state index contributed by atoms with van der Waals surface area (Å²) in [5, 5.41) is 2.10. The van der Waals surface area contributed by atoms with Gasteiger partial charge in [0, 0.05) is 9.75 Å². The van der Waals surface area contributed by atoms with E-state index in [4.69, 9.17) is 0 Å². The Morgan fingerprint density at radius 2 is 1.95 bits per heavy atom. The number of thiophene rings is 2. The molecule has 0 amide bonds. The summed E-state index contributed by atoms with van der Waals surface area (Å²) in [4.78, 5) is 13.9. The zero-order chi connectivity index (χ0) is 13.2. The maximum atomic E-state index is 10.7. The Labute approximate surface area is 120 Å². The van der Waals surface area contributed by atoms with Gasteiger partial charge in [-0.3, -0.25) is 4.79 Å². The summed E-state index contributed by atoms with van der Waals surface area (Å²) in [6.45, 7) is 2.13. The van der Waals surface area contributed by atoms with Gasteiger partial charge in [-0.25, -0.2) is 0 Å². The number of aldehydes is 1. The van der Waals surface area contributed by atoms with Crippen molar-refractivity contribution in [2.45, 2.75) is 6.92 Å². The predicted octanol–water partition coefficient (Wildman–Crippen LogP) is 5.26. The van der Waals surface area contributed by atoms with E-state index >= 15 is 0 Å². The molecule has 0 aliphatic rings. The molecule has 0 atom stereocenters. The highest BCUT2D eigenvalue weighted by Crippen LogP contribution is 2.33. The zero-order valence-electron chi connectivity index (χ0n) is 10.4. The van der Waals surface area contributed by atoms with Crippen molar-refractivity contribution < 1.29 is 4.79 Å². The quantitative estimate of drug-likeness (QED) is 0.599. The fraction of sp³-hybridized carbons (Fsp3) is 0.0625. The van der Waals surface area contributed by atoms with Crippen LogP contribution in [0.25, 0.3) is 20.9 Å². The van der Waals surface area contributed by atoms with E-state index in [1.54, 1.807) is 11.3 Å². The molecule has 0 N–H and O–H groups in total. The topological polar surface area (TPSA) is 17.1 Å². The Balaban J connectivity index is 2.01. The number of benzene rings is 1. The van der Waals surface area contributed by atoms with Gasteiger partial charge >= 0.3 is 0 Å². The van der Waals surface area contributed by atoms with Gasteiger partial charge in [-0.15, -0.1) is 22.7 Å². The molecule has 3 aromatic rings. The van der Waals surface area contributed by atoms with E-state index in [0.29, 0.717) is 0 Å². The second kappa shape index (κ2) is 5.11. The molecule has 3 rings (SSSR count). The molecule has 0 fully saturated rings. The van der Waals surface area contributed by atoms with Crippen LogP contribution in [0.5, 0.6) is 0 Å². The van der Waals surface area contributed by atoms with Gasteiger partial charge in [-0.05, 0) is 53.3 Å². The summed E-state index contributed by atoms with van der Waals surface area (Å²) in [5.41, 5.74) is 3.72. The predicted molar refractivity (Wildman–Crippen MR) is 83.2 cm³/mol. The zero-order valence-corrected chi connectivity index (χ0v) is 12.1. The molecular weight excluding hydrogens is 272 g/mol. The van der Waals surface area contributed by atoms with Gasteiger partial charge in [-0.2, -0.15) is 0 Å². The molecule has 0 saturated heterocycles. The van der Waals surface area contributed by atoms with Crippen molar-refractivity contribution in [2.75, 3.05) is 0 Å². The van der Waals surface area contributed by atoms with Gasteiger partial charge in [0.2, 0.25) is 0 Å². The van der Waals surface area contributed by atoms with Crippen molar-refractivity contribution >= 4 is 29.0 Å². The number of carbonyl (C=O) groups is 1. The molecule has 1 aromatic carbocycles. The van der Waals surface area contributed by atoms with Crippen molar-refractivity contribution in [1.29, 1.82) is 0 Å². The third-order valence-corrected chi connectivity index (χ3v) is 5.00. The molecule has 0 saturated carbocycles. The standard InChI is InChI=1S/C16H12OS2/c1-11-9-12(15-7-5-13(10-17)19-15)4-6-14(11)16-3-2-8-18-16/h2-10H,1H3. The van der Waals surface area contributed by atoms with Crippen LogP contribution < -0.4 is 0 Å². The van der Waals surface area contributed by atoms with Crippen molar-refractivity contribution in [2.24, 2.45) is 0 Å². The third-order valence-electron chi connectivity index (χ3n) is 3.04. The molecule has 0 aliphatic carbocycles. The Hall–Kier alpha value is -1.71. The largest absolute Gasteiger partial charge is 0.297 e. The molecule has 0 bridgehead atoms. The Bertz CT molecular complexity index is 708. The average Bonchev–Trinajstić information content (AvgIpc) is 3.10. The van der Waals surface area contributed by atoms with Crippen molar-refractivity contribution in [3.8, 4) is 20.9 Å². The van der Waals surface area contributed by atoms with Gasteiger partial charge in [0.15, 0.2) is 6.29 Å². The molecule has 0 radical (unpaired) electrons. The van der Waals surface area contributed by atoms with Gasteiger partial charge in [0.25, 0.3) is 0 Å². The van der Waals surface area contributed by atoms with E-state index in [2.05, 4.69) is 42.6 Å². The molecule has 1 nitrogen and oxygen atoms in total. The normalized spacial score (nSPS) is 10.6. The lowest BCUT2D eigenvalue weighted by atomic mass is 10.0. The molecule has 19 heavy (non-hydrogen) atoms. The van der Waals surface area contributed by atoms with E-state index in [-0.39, 0.29) is 0 Å². The van der Waals surface area contributed by atoms with Crippen LogP contribution in [0.15, 0.2) is 47.8 Å². The minimum Gasteiger partial charge on any atom is -0.297 e. The van der Waals surface area contributed by atoms with Crippen LogP contribution in [0.2, 0.25) is 0 Å². The van der Waals surface area contributed by atoms with Crippen LogP contribution in [-0.4, -0.2) is 6.29 Å². The smallest absolute Gasteiger partial charge is 0.160 e. The maximum Gasteiger partial charge on any atom is 0.160 e. The van der Waals surface area contributed by atoms with E-state index in [1.165, 1.54) is 32.9 Å². The van der Waals surface area contributed by atoms with E-state index in [9.17, 15) is 4.79 Å². The third kappa shape index (κ3) is 2.39. The molecule has 0 aliphatic heterocycles. The highest BCUT2D eigenvalue weighted by molar-refractivity contribution is 7.17. The van der Waals surface area contributed by atoms with E-state index < -0.39 is 0 Å². The lowest BCUT2D eigenvalue weighted by molar-refractivity contribution is 0.112. The Morgan fingerprint density at radius 3 is 2.58 bits per heavy atom. The first-order valence-corrected chi connectivity index (χ1v) is 7.67. The summed E-state index contributed by atoms with van der Waals surface area (Å²) in [5.74, 6) is 0. The monoisotopic (exact) mass is 284 g/mol. The number of aryl methyl sites for hydroxylation is 1. The van der Waals surface area contributed by atoms with Crippen LogP contribution in [0.3, 0.4) is 0 Å². The Morgan fingerprint density at radius 1 is 1.05 bits per heavy atom. The minimum atomic E-state index is 0.773. The molecule has 2 heterocycles. The lowest BCUT2D eigenvalue weighted by Gasteiger charge is -2.06. The molecular formula is C16H12OS2. The first-order valence-electron chi connectivity index (χ1n) is 5.98. The number of rotatable bonds is 3. The summed E-state index contributed by atoms with van der Waals surface area (Å²) in [6.07, 6.45) is 0.904.